The van der Waals surface area contributed by atoms with E-state index in [-0.39, 0.29) is 5.91 Å². The monoisotopic (exact) mass is 282 g/mol. The first-order valence-corrected chi connectivity index (χ1v) is 8.01. The molecule has 106 valence electrons. The summed E-state index contributed by atoms with van der Waals surface area (Å²) in [6.07, 6.45) is 5.80. The molecule has 1 heterocycles. The second-order valence-corrected chi connectivity index (χ2v) is 6.51. The minimum Gasteiger partial charge on any atom is -0.361 e. The highest BCUT2D eigenvalue weighted by Crippen LogP contribution is 2.28. The van der Waals surface area contributed by atoms with E-state index in [9.17, 15) is 4.79 Å². The fraction of sp³-hybridized carbons (Fsp3) is 0.714. The molecule has 1 aromatic rings. The van der Waals surface area contributed by atoms with Crippen LogP contribution < -0.4 is 5.32 Å². The Morgan fingerprint density at radius 1 is 1.42 bits per heavy atom. The van der Waals surface area contributed by atoms with E-state index in [0.717, 1.165) is 34.6 Å². The Morgan fingerprint density at radius 3 is 2.79 bits per heavy atom. The second kappa shape index (κ2) is 6.98. The molecule has 0 bridgehead atoms. The number of rotatable bonds is 6. The molecule has 0 radical (unpaired) electrons. The van der Waals surface area contributed by atoms with Crippen molar-refractivity contribution in [1.82, 2.24) is 10.5 Å². The molecule has 1 aliphatic carbocycles. The molecule has 0 atom stereocenters. The first kappa shape index (κ1) is 14.4. The lowest BCUT2D eigenvalue weighted by atomic mass is 10.1. The molecular formula is C14H22N2O2S. The van der Waals surface area contributed by atoms with E-state index >= 15 is 0 Å². The summed E-state index contributed by atoms with van der Waals surface area (Å²) in [5.74, 6) is 1.81. The van der Waals surface area contributed by atoms with Crippen molar-refractivity contribution >= 4 is 17.7 Å². The van der Waals surface area contributed by atoms with Crippen LogP contribution in [0, 0.1) is 13.8 Å². The maximum absolute atomic E-state index is 11.8. The van der Waals surface area contributed by atoms with Crippen LogP contribution in [-0.4, -0.2) is 28.6 Å². The lowest BCUT2D eigenvalue weighted by Gasteiger charge is -2.09. The van der Waals surface area contributed by atoms with Gasteiger partial charge in [-0.25, -0.2) is 0 Å². The molecule has 19 heavy (non-hydrogen) atoms. The van der Waals surface area contributed by atoms with Gasteiger partial charge in [0.15, 0.2) is 0 Å². The molecular weight excluding hydrogens is 260 g/mol. The SMILES string of the molecule is Cc1noc(C)c1CC(=O)NCCSC1CCCC1. The Bertz CT molecular complexity index is 406. The van der Waals surface area contributed by atoms with Gasteiger partial charge in [-0.05, 0) is 26.7 Å². The number of thioether (sulfide) groups is 1. The number of carbonyl (C=O) groups excluding carboxylic acids is 1. The Labute approximate surface area is 118 Å². The summed E-state index contributed by atoms with van der Waals surface area (Å²) in [6, 6.07) is 0. The zero-order chi connectivity index (χ0) is 13.7. The van der Waals surface area contributed by atoms with Crippen molar-refractivity contribution in [2.24, 2.45) is 0 Å². The predicted molar refractivity (Wildman–Crippen MR) is 77.4 cm³/mol. The molecule has 1 fully saturated rings. The van der Waals surface area contributed by atoms with Gasteiger partial charge in [-0.15, -0.1) is 0 Å². The molecule has 1 saturated carbocycles. The standard InChI is InChI=1S/C14H22N2O2S/c1-10-13(11(2)18-16-10)9-14(17)15-7-8-19-12-5-3-4-6-12/h12H,3-9H2,1-2H3,(H,15,17). The van der Waals surface area contributed by atoms with Crippen LogP contribution in [0.4, 0.5) is 0 Å². The zero-order valence-corrected chi connectivity index (χ0v) is 12.5. The van der Waals surface area contributed by atoms with Gasteiger partial charge in [-0.2, -0.15) is 11.8 Å². The number of aryl methyl sites for hydroxylation is 2. The zero-order valence-electron chi connectivity index (χ0n) is 11.7. The second-order valence-electron chi connectivity index (χ2n) is 5.11. The topological polar surface area (TPSA) is 55.1 Å². The van der Waals surface area contributed by atoms with Gasteiger partial charge in [-0.1, -0.05) is 18.0 Å². The van der Waals surface area contributed by atoms with Crippen molar-refractivity contribution in [2.45, 2.75) is 51.2 Å². The number of aromatic nitrogens is 1. The predicted octanol–water partition coefficient (Wildman–Crippen LogP) is 2.63. The molecule has 4 nitrogen and oxygen atoms in total. The fourth-order valence-electron chi connectivity index (χ4n) is 2.45. The highest BCUT2D eigenvalue weighted by Gasteiger charge is 2.15. The van der Waals surface area contributed by atoms with Crippen LogP contribution in [-0.2, 0) is 11.2 Å². The van der Waals surface area contributed by atoms with E-state index in [1.54, 1.807) is 0 Å². The van der Waals surface area contributed by atoms with Gasteiger partial charge in [0.2, 0.25) is 5.91 Å². The van der Waals surface area contributed by atoms with Gasteiger partial charge < -0.3 is 9.84 Å². The van der Waals surface area contributed by atoms with E-state index in [1.807, 2.05) is 25.6 Å². The van der Waals surface area contributed by atoms with Crippen LogP contribution in [0.5, 0.6) is 0 Å². The van der Waals surface area contributed by atoms with Gasteiger partial charge in [-0.3, -0.25) is 4.79 Å². The highest BCUT2D eigenvalue weighted by molar-refractivity contribution is 7.99. The smallest absolute Gasteiger partial charge is 0.224 e. The number of carbonyl (C=O) groups is 1. The van der Waals surface area contributed by atoms with E-state index in [0.29, 0.717) is 6.42 Å². The van der Waals surface area contributed by atoms with Crippen LogP contribution in [0.3, 0.4) is 0 Å². The third kappa shape index (κ3) is 4.27. The van der Waals surface area contributed by atoms with Crippen LogP contribution in [0.1, 0.15) is 42.7 Å². The third-order valence-corrected chi connectivity index (χ3v) is 4.98. The third-order valence-electron chi connectivity index (χ3n) is 3.60. The van der Waals surface area contributed by atoms with Crippen molar-refractivity contribution < 1.29 is 9.32 Å². The number of amides is 1. The number of nitrogens with one attached hydrogen (secondary N) is 1. The summed E-state index contributed by atoms with van der Waals surface area (Å²) in [4.78, 5) is 11.8. The maximum Gasteiger partial charge on any atom is 0.224 e. The summed E-state index contributed by atoms with van der Waals surface area (Å²) in [5, 5.41) is 7.65. The van der Waals surface area contributed by atoms with E-state index in [1.165, 1.54) is 25.7 Å². The van der Waals surface area contributed by atoms with Gasteiger partial charge >= 0.3 is 0 Å². The minimum absolute atomic E-state index is 0.0569. The van der Waals surface area contributed by atoms with Crippen LogP contribution in [0.15, 0.2) is 4.52 Å². The molecule has 5 heteroatoms. The first-order chi connectivity index (χ1) is 9.16. The lowest BCUT2D eigenvalue weighted by molar-refractivity contribution is -0.120. The molecule has 1 aliphatic rings. The summed E-state index contributed by atoms with van der Waals surface area (Å²) >= 11 is 1.99. The quantitative estimate of drug-likeness (QED) is 0.815. The van der Waals surface area contributed by atoms with Crippen molar-refractivity contribution in [3.63, 3.8) is 0 Å². The van der Waals surface area contributed by atoms with E-state index < -0.39 is 0 Å². The van der Waals surface area contributed by atoms with Crippen LogP contribution >= 0.6 is 11.8 Å². The summed E-state index contributed by atoms with van der Waals surface area (Å²) in [5.41, 5.74) is 1.73. The molecule has 0 spiro atoms. The normalized spacial score (nSPS) is 15.9. The van der Waals surface area contributed by atoms with Gasteiger partial charge in [0.25, 0.3) is 0 Å². The molecule has 1 amide bonds. The van der Waals surface area contributed by atoms with Gasteiger partial charge in [0.05, 0.1) is 12.1 Å². The molecule has 0 saturated heterocycles. The molecule has 1 N–H and O–H groups in total. The Hall–Kier alpha value is -0.970. The molecule has 0 aliphatic heterocycles. The highest BCUT2D eigenvalue weighted by atomic mass is 32.2. The Kier molecular flexibility index (Phi) is 5.31. The summed E-state index contributed by atoms with van der Waals surface area (Å²) in [7, 11) is 0. The summed E-state index contributed by atoms with van der Waals surface area (Å²) < 4.78 is 5.06. The van der Waals surface area contributed by atoms with Gasteiger partial charge in [0, 0.05) is 23.1 Å². The molecule has 1 aromatic heterocycles. The molecule has 0 aromatic carbocycles. The Balaban J connectivity index is 1.64. The number of hydrogen-bond donors (Lipinski definition) is 1. The van der Waals surface area contributed by atoms with Crippen molar-refractivity contribution in [2.75, 3.05) is 12.3 Å². The molecule has 2 rings (SSSR count). The van der Waals surface area contributed by atoms with Gasteiger partial charge in [0.1, 0.15) is 5.76 Å². The number of hydrogen-bond acceptors (Lipinski definition) is 4. The van der Waals surface area contributed by atoms with Crippen molar-refractivity contribution in [3.05, 3.63) is 17.0 Å². The average Bonchev–Trinajstić information content (AvgIpc) is 3.00. The first-order valence-electron chi connectivity index (χ1n) is 6.97. The average molecular weight is 282 g/mol. The van der Waals surface area contributed by atoms with Crippen molar-refractivity contribution in [1.29, 1.82) is 0 Å². The van der Waals surface area contributed by atoms with Crippen LogP contribution in [0.25, 0.3) is 0 Å². The Morgan fingerprint density at radius 2 is 2.16 bits per heavy atom. The summed E-state index contributed by atoms with van der Waals surface area (Å²) in [6.45, 7) is 4.47. The van der Waals surface area contributed by atoms with E-state index in [4.69, 9.17) is 4.52 Å². The van der Waals surface area contributed by atoms with Crippen LogP contribution in [0.2, 0.25) is 0 Å². The fourth-order valence-corrected chi connectivity index (χ4v) is 3.67. The largest absolute Gasteiger partial charge is 0.361 e. The number of nitrogens with zero attached hydrogens (tertiary/aromatic N) is 1. The maximum atomic E-state index is 11.8. The minimum atomic E-state index is 0.0569. The molecule has 0 unspecified atom stereocenters. The van der Waals surface area contributed by atoms with Crippen molar-refractivity contribution in [3.8, 4) is 0 Å². The lowest BCUT2D eigenvalue weighted by Crippen LogP contribution is -2.28. The van der Waals surface area contributed by atoms with E-state index in [2.05, 4.69) is 10.5 Å².